The second kappa shape index (κ2) is 4.83. The van der Waals surface area contributed by atoms with Gasteiger partial charge in [0.2, 0.25) is 0 Å². The van der Waals surface area contributed by atoms with Crippen LogP contribution in [0.15, 0.2) is 35.2 Å². The van der Waals surface area contributed by atoms with Gasteiger partial charge in [0.05, 0.1) is 4.90 Å². The second-order valence-corrected chi connectivity index (χ2v) is 4.82. The molecular formula is C10H10NNaO4S. The van der Waals surface area contributed by atoms with Gasteiger partial charge >= 0.3 is 29.6 Å². The molecule has 2 aromatic carbocycles. The third-order valence-electron chi connectivity index (χ3n) is 2.23. The summed E-state index contributed by atoms with van der Waals surface area (Å²) < 4.78 is 30.7. The fourth-order valence-corrected chi connectivity index (χ4v) is 2.03. The summed E-state index contributed by atoms with van der Waals surface area (Å²) in [6.07, 6.45) is 0. The molecule has 4 N–H and O–H groups in total. The summed E-state index contributed by atoms with van der Waals surface area (Å²) in [6, 6.07) is 6.93. The molecule has 0 saturated carbocycles. The van der Waals surface area contributed by atoms with Crippen LogP contribution in [0.4, 0.5) is 5.69 Å². The van der Waals surface area contributed by atoms with Crippen molar-refractivity contribution in [3.8, 4) is 5.75 Å². The largest absolute Gasteiger partial charge is 1.00 e. The van der Waals surface area contributed by atoms with Crippen LogP contribution in [0, 0.1) is 0 Å². The molecule has 7 heteroatoms. The molecule has 0 aromatic heterocycles. The quantitative estimate of drug-likeness (QED) is 0.330. The van der Waals surface area contributed by atoms with Crippen LogP contribution in [-0.4, -0.2) is 18.1 Å². The van der Waals surface area contributed by atoms with Crippen LogP contribution in [-0.2, 0) is 10.1 Å². The van der Waals surface area contributed by atoms with Crippen molar-refractivity contribution in [3.63, 3.8) is 0 Å². The van der Waals surface area contributed by atoms with Crippen LogP contribution in [0.2, 0.25) is 0 Å². The Morgan fingerprint density at radius 1 is 1.18 bits per heavy atom. The number of benzene rings is 2. The molecule has 0 saturated heterocycles. The van der Waals surface area contributed by atoms with E-state index in [1.165, 1.54) is 12.1 Å². The Morgan fingerprint density at radius 2 is 1.82 bits per heavy atom. The van der Waals surface area contributed by atoms with Crippen LogP contribution in [0.3, 0.4) is 0 Å². The standard InChI is InChI=1S/C10H9NO4S.Na.H/c11-7-1-2-9-6(3-7)4-8(5-10(9)12)16(13,14)15;;/h1-5,12H,11H2,(H,13,14,15);;/q;+1;-1. The van der Waals surface area contributed by atoms with Gasteiger partial charge in [-0.25, -0.2) is 0 Å². The van der Waals surface area contributed by atoms with Crippen molar-refractivity contribution in [2.45, 2.75) is 4.90 Å². The summed E-state index contributed by atoms with van der Waals surface area (Å²) in [4.78, 5) is -0.358. The smallest absolute Gasteiger partial charge is 1.00 e. The molecule has 86 valence electrons. The number of nitrogens with two attached hydrogens (primary N) is 1. The SMILES string of the molecule is Nc1ccc2c(O)cc(S(=O)(=O)O)cc2c1.[H-].[Na+]. The first-order chi connectivity index (χ1) is 7.38. The predicted molar refractivity (Wildman–Crippen MR) is 61.0 cm³/mol. The molecule has 2 aromatic rings. The minimum Gasteiger partial charge on any atom is -1.00 e. The average Bonchev–Trinajstić information content (AvgIpc) is 2.15. The first kappa shape index (κ1) is 14.3. The van der Waals surface area contributed by atoms with Crippen molar-refractivity contribution in [3.05, 3.63) is 30.3 Å². The van der Waals surface area contributed by atoms with Crippen LogP contribution in [0.5, 0.6) is 5.75 Å². The number of nitrogen functional groups attached to an aromatic ring is 1. The number of aromatic hydroxyl groups is 1. The van der Waals surface area contributed by atoms with E-state index in [0.717, 1.165) is 6.07 Å². The van der Waals surface area contributed by atoms with Gasteiger partial charge in [-0.15, -0.1) is 0 Å². The zero-order valence-electron chi connectivity index (χ0n) is 10.1. The van der Waals surface area contributed by atoms with E-state index < -0.39 is 10.1 Å². The topological polar surface area (TPSA) is 101 Å². The van der Waals surface area contributed by atoms with E-state index in [-0.39, 0.29) is 41.6 Å². The van der Waals surface area contributed by atoms with Gasteiger partial charge < -0.3 is 12.3 Å². The van der Waals surface area contributed by atoms with Crippen molar-refractivity contribution in [1.29, 1.82) is 0 Å². The van der Waals surface area contributed by atoms with E-state index in [0.29, 0.717) is 16.5 Å². The van der Waals surface area contributed by atoms with E-state index >= 15 is 0 Å². The minimum absolute atomic E-state index is 0. The summed E-state index contributed by atoms with van der Waals surface area (Å²) >= 11 is 0. The monoisotopic (exact) mass is 263 g/mol. The van der Waals surface area contributed by atoms with Crippen LogP contribution in [0.1, 0.15) is 1.43 Å². The van der Waals surface area contributed by atoms with Crippen LogP contribution >= 0.6 is 0 Å². The maximum absolute atomic E-state index is 10.9. The predicted octanol–water partition coefficient (Wildman–Crippen LogP) is -1.51. The summed E-state index contributed by atoms with van der Waals surface area (Å²) in [5.41, 5.74) is 5.98. The molecule has 0 spiro atoms. The van der Waals surface area contributed by atoms with Gasteiger partial charge in [-0.2, -0.15) is 8.42 Å². The third-order valence-corrected chi connectivity index (χ3v) is 3.06. The molecule has 0 aliphatic heterocycles. The molecule has 0 amide bonds. The number of anilines is 1. The van der Waals surface area contributed by atoms with Gasteiger partial charge in [-0.3, -0.25) is 4.55 Å². The Hall–Kier alpha value is -0.790. The number of phenolic OH excluding ortho intramolecular Hbond substituents is 1. The second-order valence-electron chi connectivity index (χ2n) is 3.40. The maximum Gasteiger partial charge on any atom is 1.00 e. The minimum atomic E-state index is -4.33. The first-order valence-electron chi connectivity index (χ1n) is 4.38. The van der Waals surface area contributed by atoms with Crippen LogP contribution < -0.4 is 35.3 Å². The number of phenols is 1. The Labute approximate surface area is 122 Å². The van der Waals surface area contributed by atoms with Crippen molar-refractivity contribution >= 4 is 26.6 Å². The van der Waals surface area contributed by atoms with Crippen molar-refractivity contribution in [2.75, 3.05) is 5.73 Å². The summed E-state index contributed by atoms with van der Waals surface area (Å²) in [5, 5.41) is 10.5. The molecule has 0 heterocycles. The molecule has 0 unspecified atom stereocenters. The Balaban J connectivity index is 0.00000144. The zero-order chi connectivity index (χ0) is 11.9. The fourth-order valence-electron chi connectivity index (χ4n) is 1.49. The van der Waals surface area contributed by atoms with Crippen molar-refractivity contribution in [2.24, 2.45) is 0 Å². The molecule has 0 aliphatic carbocycles. The first-order valence-corrected chi connectivity index (χ1v) is 5.82. The molecule has 0 bridgehead atoms. The van der Waals surface area contributed by atoms with E-state index in [1.807, 2.05) is 0 Å². The molecule has 17 heavy (non-hydrogen) atoms. The molecule has 5 nitrogen and oxygen atoms in total. The third kappa shape index (κ3) is 2.91. The zero-order valence-corrected chi connectivity index (χ0v) is 11.9. The molecule has 2 rings (SSSR count). The number of fused-ring (bicyclic) bond motifs is 1. The molecule has 0 radical (unpaired) electrons. The van der Waals surface area contributed by atoms with Gasteiger partial charge in [-0.05, 0) is 29.7 Å². The van der Waals surface area contributed by atoms with Gasteiger partial charge in [0.15, 0.2) is 0 Å². The van der Waals surface area contributed by atoms with Gasteiger partial charge in [0, 0.05) is 17.1 Å². The van der Waals surface area contributed by atoms with Gasteiger partial charge in [0.25, 0.3) is 10.1 Å². The van der Waals surface area contributed by atoms with E-state index in [2.05, 4.69) is 0 Å². The Kier molecular flexibility index (Phi) is 4.06. The fraction of sp³-hybridized carbons (Fsp3) is 0. The summed E-state index contributed by atoms with van der Waals surface area (Å²) in [7, 11) is -4.33. The Morgan fingerprint density at radius 3 is 2.41 bits per heavy atom. The van der Waals surface area contributed by atoms with Crippen molar-refractivity contribution in [1.82, 2.24) is 0 Å². The van der Waals surface area contributed by atoms with E-state index in [9.17, 15) is 13.5 Å². The summed E-state index contributed by atoms with van der Waals surface area (Å²) in [5.74, 6) is -0.217. The molecule has 0 atom stereocenters. The summed E-state index contributed by atoms with van der Waals surface area (Å²) in [6.45, 7) is 0. The molecular weight excluding hydrogens is 253 g/mol. The molecule has 0 fully saturated rings. The van der Waals surface area contributed by atoms with Crippen LogP contribution in [0.25, 0.3) is 10.8 Å². The van der Waals surface area contributed by atoms with Crippen molar-refractivity contribution < 1.29 is 49.1 Å². The maximum atomic E-state index is 10.9. The van der Waals surface area contributed by atoms with Gasteiger partial charge in [0.1, 0.15) is 5.75 Å². The van der Waals surface area contributed by atoms with E-state index in [1.54, 1.807) is 12.1 Å². The van der Waals surface area contributed by atoms with Gasteiger partial charge in [-0.1, -0.05) is 0 Å². The number of hydrogen-bond donors (Lipinski definition) is 3. The number of rotatable bonds is 1. The Bertz CT molecular complexity index is 675. The van der Waals surface area contributed by atoms with E-state index in [4.69, 9.17) is 10.3 Å². The normalized spacial score (nSPS) is 11.1. The average molecular weight is 263 g/mol. The molecule has 0 aliphatic rings. The number of hydrogen-bond acceptors (Lipinski definition) is 4.